The second-order valence-corrected chi connectivity index (χ2v) is 14.3. The number of rotatable bonds is 14. The van der Waals surface area contributed by atoms with Gasteiger partial charge in [-0.2, -0.15) is 0 Å². The van der Waals surface area contributed by atoms with E-state index in [2.05, 4.69) is 5.32 Å². The number of para-hydroxylation sites is 1. The molecule has 0 bridgehead atoms. The van der Waals surface area contributed by atoms with E-state index in [0.29, 0.717) is 33.7 Å². The fourth-order valence-electron chi connectivity index (χ4n) is 5.90. The number of hydrogen-bond acceptors (Lipinski definition) is 5. The first-order chi connectivity index (χ1) is 23.2. The van der Waals surface area contributed by atoms with Crippen LogP contribution in [0.15, 0.2) is 108 Å². The van der Waals surface area contributed by atoms with Crippen LogP contribution in [0.3, 0.4) is 0 Å². The summed E-state index contributed by atoms with van der Waals surface area (Å²) in [6, 6.07) is 28.0. The summed E-state index contributed by atoms with van der Waals surface area (Å²) in [6.45, 7) is 1.58. The molecule has 1 saturated carbocycles. The molecule has 1 N–H and O–H groups in total. The van der Waals surface area contributed by atoms with Gasteiger partial charge in [0.1, 0.15) is 18.3 Å². The summed E-state index contributed by atoms with van der Waals surface area (Å²) in [7, 11) is -4.25. The van der Waals surface area contributed by atoms with Gasteiger partial charge in [-0.15, -0.1) is 0 Å². The number of anilines is 1. The van der Waals surface area contributed by atoms with Crippen LogP contribution >= 0.6 is 23.2 Å². The summed E-state index contributed by atoms with van der Waals surface area (Å²) in [4.78, 5) is 30.2. The minimum atomic E-state index is -4.25. The topological polar surface area (TPSA) is 96.0 Å². The van der Waals surface area contributed by atoms with Gasteiger partial charge in [0.25, 0.3) is 10.0 Å². The Balaban J connectivity index is 1.57. The van der Waals surface area contributed by atoms with E-state index in [1.54, 1.807) is 60.7 Å². The molecule has 4 aromatic rings. The molecule has 48 heavy (non-hydrogen) atoms. The molecule has 0 radical (unpaired) electrons. The molecule has 1 aliphatic carbocycles. The number of halogens is 2. The lowest BCUT2D eigenvalue weighted by Crippen LogP contribution is -2.54. The summed E-state index contributed by atoms with van der Waals surface area (Å²) in [5.74, 6) is -0.381. The number of ether oxygens (including phenoxy) is 1. The summed E-state index contributed by atoms with van der Waals surface area (Å²) < 4.78 is 35.1. The van der Waals surface area contributed by atoms with Crippen molar-refractivity contribution in [3.8, 4) is 5.75 Å². The second kappa shape index (κ2) is 16.4. The Kier molecular flexibility index (Phi) is 12.0. The third-order valence-electron chi connectivity index (χ3n) is 8.41. The molecule has 5 rings (SSSR count). The predicted molar refractivity (Wildman–Crippen MR) is 190 cm³/mol. The second-order valence-electron chi connectivity index (χ2n) is 11.7. The van der Waals surface area contributed by atoms with Gasteiger partial charge in [0.15, 0.2) is 0 Å². The molecule has 0 aromatic heterocycles. The Morgan fingerprint density at radius 2 is 1.46 bits per heavy atom. The summed E-state index contributed by atoms with van der Waals surface area (Å²) in [5.41, 5.74) is 1.60. The zero-order valence-electron chi connectivity index (χ0n) is 26.7. The number of carbonyl (C=O) groups excluding carboxylic acids is 2. The molecule has 0 spiro atoms. The average Bonchev–Trinajstić information content (AvgIpc) is 3.60. The molecule has 1 atom stereocenters. The van der Waals surface area contributed by atoms with Crippen molar-refractivity contribution in [1.29, 1.82) is 0 Å². The highest BCUT2D eigenvalue weighted by atomic mass is 35.5. The van der Waals surface area contributed by atoms with Crippen LogP contribution in [0, 0.1) is 0 Å². The third kappa shape index (κ3) is 8.69. The standard InChI is InChI=1S/C37H39Cl2N3O5S/c1-2-47-30-20-22-31(23-21-30)48(45,46)42(29-16-7-4-8-17-29)26-36(43)41(25-32-33(38)18-11-19-34(32)39)35(24-27-12-5-3-6-13-27)37(44)40-28-14-9-10-15-28/h3-8,11-13,16-23,28,35H,2,9-10,14-15,24-26H2,1H3,(H,40,44)/t35-/m1/s1. The number of carbonyl (C=O) groups is 2. The molecule has 0 saturated heterocycles. The van der Waals surface area contributed by atoms with Crippen molar-refractivity contribution >= 4 is 50.7 Å². The van der Waals surface area contributed by atoms with Gasteiger partial charge < -0.3 is 15.0 Å². The Morgan fingerprint density at radius 1 is 0.854 bits per heavy atom. The van der Waals surface area contributed by atoms with Gasteiger partial charge in [0.05, 0.1) is 17.2 Å². The molecule has 0 heterocycles. The largest absolute Gasteiger partial charge is 0.494 e. The molecular weight excluding hydrogens is 669 g/mol. The maximum Gasteiger partial charge on any atom is 0.264 e. The number of benzene rings is 4. The van der Waals surface area contributed by atoms with Crippen LogP contribution in [0.5, 0.6) is 5.75 Å². The van der Waals surface area contributed by atoms with Crippen molar-refractivity contribution in [3.63, 3.8) is 0 Å². The lowest BCUT2D eigenvalue weighted by molar-refractivity contribution is -0.140. The molecule has 1 aliphatic rings. The maximum absolute atomic E-state index is 14.7. The molecule has 252 valence electrons. The van der Waals surface area contributed by atoms with E-state index in [1.807, 2.05) is 37.3 Å². The van der Waals surface area contributed by atoms with Crippen molar-refractivity contribution in [3.05, 3.63) is 124 Å². The third-order valence-corrected chi connectivity index (χ3v) is 10.9. The van der Waals surface area contributed by atoms with Crippen LogP contribution in [0.25, 0.3) is 0 Å². The van der Waals surface area contributed by atoms with E-state index in [-0.39, 0.29) is 29.8 Å². The first-order valence-corrected chi connectivity index (χ1v) is 18.2. The van der Waals surface area contributed by atoms with Crippen molar-refractivity contribution in [1.82, 2.24) is 10.2 Å². The van der Waals surface area contributed by atoms with Gasteiger partial charge in [-0.1, -0.05) is 90.6 Å². The SMILES string of the molecule is CCOc1ccc(S(=O)(=O)N(CC(=O)N(Cc2c(Cl)cccc2Cl)[C@H](Cc2ccccc2)C(=O)NC2CCCC2)c2ccccc2)cc1. The maximum atomic E-state index is 14.7. The molecular formula is C37H39Cl2N3O5S. The lowest BCUT2D eigenvalue weighted by Gasteiger charge is -2.34. The van der Waals surface area contributed by atoms with Crippen molar-refractivity contribution < 1.29 is 22.7 Å². The minimum Gasteiger partial charge on any atom is -0.494 e. The quantitative estimate of drug-likeness (QED) is 0.149. The van der Waals surface area contributed by atoms with Gasteiger partial charge in [-0.25, -0.2) is 8.42 Å². The molecule has 2 amide bonds. The van der Waals surface area contributed by atoms with E-state index in [0.717, 1.165) is 35.6 Å². The molecule has 0 unspecified atom stereocenters. The Bertz CT molecular complexity index is 1760. The smallest absolute Gasteiger partial charge is 0.264 e. The van der Waals surface area contributed by atoms with Gasteiger partial charge >= 0.3 is 0 Å². The highest BCUT2D eigenvalue weighted by molar-refractivity contribution is 7.92. The van der Waals surface area contributed by atoms with Gasteiger partial charge in [0.2, 0.25) is 11.8 Å². The Hall–Kier alpha value is -4.05. The number of nitrogens with one attached hydrogen (secondary N) is 1. The van der Waals surface area contributed by atoms with E-state index in [4.69, 9.17) is 27.9 Å². The highest BCUT2D eigenvalue weighted by Crippen LogP contribution is 2.30. The fourth-order valence-corrected chi connectivity index (χ4v) is 7.83. The zero-order valence-corrected chi connectivity index (χ0v) is 29.1. The van der Waals surface area contributed by atoms with Gasteiger partial charge in [-0.05, 0) is 73.9 Å². The summed E-state index contributed by atoms with van der Waals surface area (Å²) in [5, 5.41) is 3.82. The van der Waals surface area contributed by atoms with Crippen molar-refractivity contribution in [2.45, 2.75) is 62.6 Å². The van der Waals surface area contributed by atoms with Crippen LogP contribution in [0.2, 0.25) is 10.0 Å². The van der Waals surface area contributed by atoms with Crippen LogP contribution in [0.4, 0.5) is 5.69 Å². The average molecular weight is 709 g/mol. The normalized spacial score (nSPS) is 13.9. The molecule has 0 aliphatic heterocycles. The van der Waals surface area contributed by atoms with Crippen LogP contribution in [-0.2, 0) is 32.6 Å². The first kappa shape index (κ1) is 35.3. The van der Waals surface area contributed by atoms with E-state index in [9.17, 15) is 18.0 Å². The Labute approximate surface area is 292 Å². The number of nitrogens with zero attached hydrogens (tertiary/aromatic N) is 2. The lowest BCUT2D eigenvalue weighted by atomic mass is 10.0. The van der Waals surface area contributed by atoms with E-state index in [1.165, 1.54) is 17.0 Å². The fraction of sp³-hybridized carbons (Fsp3) is 0.297. The van der Waals surface area contributed by atoms with Crippen molar-refractivity contribution in [2.24, 2.45) is 0 Å². The minimum absolute atomic E-state index is 0.00233. The zero-order chi connectivity index (χ0) is 34.1. The summed E-state index contributed by atoms with van der Waals surface area (Å²) >= 11 is 13.2. The van der Waals surface area contributed by atoms with Gasteiger partial charge in [-0.3, -0.25) is 13.9 Å². The predicted octanol–water partition coefficient (Wildman–Crippen LogP) is 7.29. The summed E-state index contributed by atoms with van der Waals surface area (Å²) in [6.07, 6.45) is 3.94. The van der Waals surface area contributed by atoms with E-state index < -0.39 is 28.5 Å². The number of hydrogen-bond donors (Lipinski definition) is 1. The van der Waals surface area contributed by atoms with Crippen LogP contribution in [0.1, 0.15) is 43.7 Å². The van der Waals surface area contributed by atoms with E-state index >= 15 is 0 Å². The number of amides is 2. The highest BCUT2D eigenvalue weighted by Gasteiger charge is 2.36. The first-order valence-electron chi connectivity index (χ1n) is 16.0. The molecule has 8 nitrogen and oxygen atoms in total. The van der Waals surface area contributed by atoms with Crippen LogP contribution in [-0.4, -0.2) is 50.4 Å². The van der Waals surface area contributed by atoms with Crippen molar-refractivity contribution in [2.75, 3.05) is 17.5 Å². The number of sulfonamides is 1. The monoisotopic (exact) mass is 707 g/mol. The van der Waals surface area contributed by atoms with Crippen LogP contribution < -0.4 is 14.4 Å². The molecule has 1 fully saturated rings. The Morgan fingerprint density at radius 3 is 2.06 bits per heavy atom. The molecule has 4 aromatic carbocycles. The molecule has 11 heteroatoms. The van der Waals surface area contributed by atoms with Gasteiger partial charge in [0, 0.05) is 34.6 Å².